The van der Waals surface area contributed by atoms with Crippen molar-refractivity contribution < 1.29 is 14.3 Å². The predicted molar refractivity (Wildman–Crippen MR) is 86.1 cm³/mol. The first-order chi connectivity index (χ1) is 10.6. The van der Waals surface area contributed by atoms with Crippen LogP contribution in [0.3, 0.4) is 0 Å². The number of carbonyl (C=O) groups excluding carboxylic acids is 2. The van der Waals surface area contributed by atoms with Crippen molar-refractivity contribution in [1.29, 1.82) is 0 Å². The maximum absolute atomic E-state index is 12.2. The van der Waals surface area contributed by atoms with E-state index in [4.69, 9.17) is 4.74 Å². The van der Waals surface area contributed by atoms with Crippen LogP contribution in [0.5, 0.6) is 0 Å². The molecule has 0 bridgehead atoms. The molecule has 0 aliphatic carbocycles. The topological polar surface area (TPSA) is 46.6 Å². The summed E-state index contributed by atoms with van der Waals surface area (Å²) >= 11 is 0. The van der Waals surface area contributed by atoms with Gasteiger partial charge in [-0.15, -0.1) is 0 Å². The zero-order chi connectivity index (χ0) is 15.9. The van der Waals surface area contributed by atoms with Crippen LogP contribution in [-0.2, 0) is 11.3 Å². The molecule has 4 heteroatoms. The fourth-order valence-electron chi connectivity index (χ4n) is 2.11. The molecule has 0 aliphatic rings. The zero-order valence-corrected chi connectivity index (χ0v) is 12.8. The monoisotopic (exact) mass is 297 g/mol. The standard InChI is InChI=1S/C18H19NO3/c1-3-19(17-11-7-10-16(12-17)14(2)20)18(21)22-13-15-8-5-4-6-9-15/h4-12H,3,13H2,1-2H3. The van der Waals surface area contributed by atoms with Gasteiger partial charge in [0.2, 0.25) is 0 Å². The van der Waals surface area contributed by atoms with E-state index in [9.17, 15) is 9.59 Å². The van der Waals surface area contributed by atoms with Gasteiger partial charge in [-0.2, -0.15) is 0 Å². The van der Waals surface area contributed by atoms with Crippen LogP contribution in [0.1, 0.15) is 29.8 Å². The second-order valence-electron chi connectivity index (χ2n) is 4.89. The Morgan fingerprint density at radius 2 is 1.77 bits per heavy atom. The minimum Gasteiger partial charge on any atom is -0.444 e. The smallest absolute Gasteiger partial charge is 0.414 e. The normalized spacial score (nSPS) is 10.1. The highest BCUT2D eigenvalue weighted by Crippen LogP contribution is 2.18. The number of carbonyl (C=O) groups is 2. The maximum atomic E-state index is 12.2. The van der Waals surface area contributed by atoms with E-state index in [1.165, 1.54) is 11.8 Å². The van der Waals surface area contributed by atoms with Crippen LogP contribution >= 0.6 is 0 Å². The second-order valence-corrected chi connectivity index (χ2v) is 4.89. The summed E-state index contributed by atoms with van der Waals surface area (Å²) in [5, 5.41) is 0. The summed E-state index contributed by atoms with van der Waals surface area (Å²) in [5.74, 6) is -0.0319. The molecular weight excluding hydrogens is 278 g/mol. The Hall–Kier alpha value is -2.62. The van der Waals surface area contributed by atoms with Gasteiger partial charge in [0, 0.05) is 17.8 Å². The van der Waals surface area contributed by atoms with Crippen molar-refractivity contribution in [2.75, 3.05) is 11.4 Å². The molecule has 2 aromatic rings. The highest BCUT2D eigenvalue weighted by molar-refractivity contribution is 5.96. The van der Waals surface area contributed by atoms with Crippen LogP contribution in [-0.4, -0.2) is 18.4 Å². The summed E-state index contributed by atoms with van der Waals surface area (Å²) in [6.45, 7) is 4.06. The molecule has 0 radical (unpaired) electrons. The van der Waals surface area contributed by atoms with Crippen LogP contribution in [0.15, 0.2) is 54.6 Å². The molecule has 2 rings (SSSR count). The van der Waals surface area contributed by atoms with Crippen molar-refractivity contribution >= 4 is 17.6 Å². The Kier molecular flexibility index (Phi) is 5.31. The van der Waals surface area contributed by atoms with Crippen LogP contribution in [0, 0.1) is 0 Å². The SMILES string of the molecule is CCN(C(=O)OCc1ccccc1)c1cccc(C(C)=O)c1. The fourth-order valence-corrected chi connectivity index (χ4v) is 2.11. The molecule has 1 amide bonds. The molecule has 0 fully saturated rings. The Balaban J connectivity index is 2.08. The third-order valence-electron chi connectivity index (χ3n) is 3.31. The van der Waals surface area contributed by atoms with E-state index in [1.54, 1.807) is 24.3 Å². The Morgan fingerprint density at radius 1 is 1.05 bits per heavy atom. The molecule has 0 N–H and O–H groups in total. The first-order valence-corrected chi connectivity index (χ1v) is 7.21. The van der Waals surface area contributed by atoms with Crippen molar-refractivity contribution in [3.8, 4) is 0 Å². The number of hydrogen-bond acceptors (Lipinski definition) is 3. The summed E-state index contributed by atoms with van der Waals surface area (Å²) in [7, 11) is 0. The molecule has 0 aromatic heterocycles. The van der Waals surface area contributed by atoms with Crippen LogP contribution in [0.25, 0.3) is 0 Å². The quantitative estimate of drug-likeness (QED) is 0.782. The molecule has 22 heavy (non-hydrogen) atoms. The van der Waals surface area contributed by atoms with Crippen molar-refractivity contribution in [1.82, 2.24) is 0 Å². The third-order valence-corrected chi connectivity index (χ3v) is 3.31. The minimum atomic E-state index is -0.424. The minimum absolute atomic E-state index is 0.0319. The average molecular weight is 297 g/mol. The predicted octanol–water partition coefficient (Wildman–Crippen LogP) is 4.05. The van der Waals surface area contributed by atoms with Gasteiger partial charge in [-0.1, -0.05) is 42.5 Å². The molecule has 0 atom stereocenters. The number of benzene rings is 2. The Morgan fingerprint density at radius 3 is 2.41 bits per heavy atom. The summed E-state index contributed by atoms with van der Waals surface area (Å²) < 4.78 is 5.34. The number of rotatable bonds is 5. The van der Waals surface area contributed by atoms with Gasteiger partial charge in [-0.05, 0) is 31.5 Å². The van der Waals surface area contributed by atoms with E-state index in [1.807, 2.05) is 37.3 Å². The van der Waals surface area contributed by atoms with Gasteiger partial charge in [0.15, 0.2) is 5.78 Å². The molecule has 0 aliphatic heterocycles. The maximum Gasteiger partial charge on any atom is 0.414 e. The van der Waals surface area contributed by atoms with Crippen molar-refractivity contribution in [2.45, 2.75) is 20.5 Å². The molecule has 0 unspecified atom stereocenters. The van der Waals surface area contributed by atoms with Crippen molar-refractivity contribution in [3.63, 3.8) is 0 Å². The van der Waals surface area contributed by atoms with Crippen LogP contribution < -0.4 is 4.90 Å². The van der Waals surface area contributed by atoms with Gasteiger partial charge in [-0.25, -0.2) is 4.79 Å². The van der Waals surface area contributed by atoms with Gasteiger partial charge < -0.3 is 4.74 Å². The Labute approximate surface area is 130 Å². The number of ketones is 1. The number of amides is 1. The fraction of sp³-hybridized carbons (Fsp3) is 0.222. The molecule has 0 saturated heterocycles. The van der Waals surface area contributed by atoms with E-state index in [0.29, 0.717) is 17.8 Å². The van der Waals surface area contributed by atoms with Crippen molar-refractivity contribution in [2.24, 2.45) is 0 Å². The van der Waals surface area contributed by atoms with E-state index in [-0.39, 0.29) is 12.4 Å². The van der Waals surface area contributed by atoms with E-state index in [0.717, 1.165) is 5.56 Å². The molecular formula is C18H19NO3. The highest BCUT2D eigenvalue weighted by atomic mass is 16.6. The first-order valence-electron chi connectivity index (χ1n) is 7.21. The summed E-state index contributed by atoms with van der Waals surface area (Å²) in [5.41, 5.74) is 2.17. The van der Waals surface area contributed by atoms with Crippen LogP contribution in [0.2, 0.25) is 0 Å². The zero-order valence-electron chi connectivity index (χ0n) is 12.8. The number of hydrogen-bond donors (Lipinski definition) is 0. The largest absolute Gasteiger partial charge is 0.444 e. The lowest BCUT2D eigenvalue weighted by atomic mass is 10.1. The van der Waals surface area contributed by atoms with Crippen LogP contribution in [0.4, 0.5) is 10.5 Å². The van der Waals surface area contributed by atoms with E-state index < -0.39 is 6.09 Å². The Bertz CT molecular complexity index is 652. The average Bonchev–Trinajstić information content (AvgIpc) is 2.55. The van der Waals surface area contributed by atoms with Gasteiger partial charge in [0.25, 0.3) is 0 Å². The highest BCUT2D eigenvalue weighted by Gasteiger charge is 2.16. The van der Waals surface area contributed by atoms with E-state index >= 15 is 0 Å². The van der Waals surface area contributed by atoms with Gasteiger partial charge in [-0.3, -0.25) is 9.69 Å². The number of anilines is 1. The molecule has 4 nitrogen and oxygen atoms in total. The number of nitrogens with zero attached hydrogens (tertiary/aromatic N) is 1. The number of ether oxygens (including phenoxy) is 1. The summed E-state index contributed by atoms with van der Waals surface area (Å²) in [4.78, 5) is 25.2. The summed E-state index contributed by atoms with van der Waals surface area (Å²) in [6.07, 6.45) is -0.424. The second kappa shape index (κ2) is 7.41. The van der Waals surface area contributed by atoms with Gasteiger partial charge in [0.1, 0.15) is 6.61 Å². The van der Waals surface area contributed by atoms with Gasteiger partial charge in [0.05, 0.1) is 0 Å². The van der Waals surface area contributed by atoms with Crippen molar-refractivity contribution in [3.05, 3.63) is 65.7 Å². The first kappa shape index (κ1) is 15.8. The van der Waals surface area contributed by atoms with Gasteiger partial charge >= 0.3 is 6.09 Å². The molecule has 0 saturated carbocycles. The van der Waals surface area contributed by atoms with E-state index in [2.05, 4.69) is 0 Å². The number of Topliss-reactive ketones (excluding diaryl/α,β-unsaturated/α-hetero) is 1. The lowest BCUT2D eigenvalue weighted by molar-refractivity contribution is 0.101. The molecule has 0 heterocycles. The summed E-state index contributed by atoms with van der Waals surface area (Å²) in [6, 6.07) is 16.5. The molecule has 114 valence electrons. The molecule has 0 spiro atoms. The third kappa shape index (κ3) is 3.95. The lowest BCUT2D eigenvalue weighted by Gasteiger charge is -2.21. The molecule has 2 aromatic carbocycles. The lowest BCUT2D eigenvalue weighted by Crippen LogP contribution is -2.31.